The molecule has 2 heterocycles. The average molecular weight is 388 g/mol. The number of anilines is 1. The number of aromatic nitrogens is 1. The lowest BCUT2D eigenvalue weighted by atomic mass is 9.96. The molecule has 0 aromatic carbocycles. The van der Waals surface area contributed by atoms with E-state index in [1.165, 1.54) is 12.3 Å². The number of halogens is 1. The number of ether oxygens (including phenoxy) is 1. The second-order valence-corrected chi connectivity index (χ2v) is 9.61. The molecule has 0 bridgehead atoms. The monoisotopic (exact) mass is 387 g/mol. The fourth-order valence-corrected chi connectivity index (χ4v) is 4.57. The van der Waals surface area contributed by atoms with Crippen LogP contribution in [0, 0.1) is 0 Å². The van der Waals surface area contributed by atoms with Gasteiger partial charge in [-0.15, -0.1) is 0 Å². The Morgan fingerprint density at radius 1 is 1.23 bits per heavy atom. The molecule has 1 unspecified atom stereocenters. The first-order valence-electron chi connectivity index (χ1n) is 9.04. The highest BCUT2D eigenvalue weighted by atomic mass is 32.2. The van der Waals surface area contributed by atoms with Gasteiger partial charge in [-0.3, -0.25) is 4.39 Å². The maximum Gasteiger partial charge on any atom is 0.242 e. The molecule has 0 spiro atoms. The second-order valence-electron chi connectivity index (χ2n) is 7.90. The first-order valence-corrected chi connectivity index (χ1v) is 10.5. The summed E-state index contributed by atoms with van der Waals surface area (Å²) in [6.07, 6.45) is 4.18. The summed E-state index contributed by atoms with van der Waals surface area (Å²) in [6.45, 7) is 8.08. The molecule has 2 rings (SSSR count). The number of nitrogens with one attached hydrogen (secondary N) is 2. The Morgan fingerprint density at radius 2 is 1.96 bits per heavy atom. The lowest BCUT2D eigenvalue weighted by molar-refractivity contribution is -0.0684. The summed E-state index contributed by atoms with van der Waals surface area (Å²) in [5.74, 6) is 0.606. The van der Waals surface area contributed by atoms with Crippen LogP contribution in [0.15, 0.2) is 23.2 Å². The zero-order chi connectivity index (χ0) is 19.4. The van der Waals surface area contributed by atoms with Crippen molar-refractivity contribution in [1.29, 1.82) is 0 Å². The van der Waals surface area contributed by atoms with Crippen molar-refractivity contribution < 1.29 is 17.5 Å². The van der Waals surface area contributed by atoms with Crippen LogP contribution < -0.4 is 10.0 Å². The molecule has 1 aliphatic rings. The van der Waals surface area contributed by atoms with Crippen LogP contribution in [0.1, 0.15) is 53.4 Å². The van der Waals surface area contributed by atoms with Crippen LogP contribution in [0.5, 0.6) is 0 Å². The highest BCUT2D eigenvalue weighted by molar-refractivity contribution is 7.89. The standard InChI is InChI=1S/C18H30FN3O3S/c1-17(2)12-15(18(3,4)25-17)22-26(23,24)14-8-9-16(21-13-14)20-11-7-5-6-10-19/h8-9,13,15,22H,5-7,10-12H2,1-4H3,(H,20,21). The first kappa shape index (κ1) is 21.1. The predicted octanol–water partition coefficient (Wildman–Crippen LogP) is 3.26. The molecule has 0 amide bonds. The van der Waals surface area contributed by atoms with Crippen LogP contribution in [0.25, 0.3) is 0 Å². The number of hydrogen-bond donors (Lipinski definition) is 2. The molecule has 1 atom stereocenters. The van der Waals surface area contributed by atoms with Gasteiger partial charge in [0.05, 0.1) is 23.9 Å². The van der Waals surface area contributed by atoms with Crippen molar-refractivity contribution in [2.24, 2.45) is 0 Å². The summed E-state index contributed by atoms with van der Waals surface area (Å²) in [5, 5.41) is 3.11. The van der Waals surface area contributed by atoms with E-state index >= 15 is 0 Å². The number of rotatable bonds is 9. The minimum Gasteiger partial charge on any atom is -0.370 e. The topological polar surface area (TPSA) is 80.3 Å². The van der Waals surface area contributed by atoms with E-state index in [1.807, 2.05) is 27.7 Å². The third kappa shape index (κ3) is 5.62. The van der Waals surface area contributed by atoms with Gasteiger partial charge in [-0.2, -0.15) is 0 Å². The predicted molar refractivity (Wildman–Crippen MR) is 101 cm³/mol. The number of hydrogen-bond acceptors (Lipinski definition) is 5. The number of unbranched alkanes of at least 4 members (excludes halogenated alkanes) is 2. The summed E-state index contributed by atoms with van der Waals surface area (Å²) in [5.41, 5.74) is -0.948. The molecule has 0 radical (unpaired) electrons. The van der Waals surface area contributed by atoms with E-state index < -0.39 is 15.6 Å². The highest BCUT2D eigenvalue weighted by Crippen LogP contribution is 2.37. The quantitative estimate of drug-likeness (QED) is 0.636. The van der Waals surface area contributed by atoms with Gasteiger partial charge in [0.25, 0.3) is 0 Å². The van der Waals surface area contributed by atoms with Crippen molar-refractivity contribution in [2.75, 3.05) is 18.5 Å². The van der Waals surface area contributed by atoms with Crippen molar-refractivity contribution in [3.63, 3.8) is 0 Å². The van der Waals surface area contributed by atoms with E-state index in [1.54, 1.807) is 6.07 Å². The Hall–Kier alpha value is -1.25. The van der Waals surface area contributed by atoms with Gasteiger partial charge in [-0.05, 0) is 65.5 Å². The smallest absolute Gasteiger partial charge is 0.242 e. The average Bonchev–Trinajstić information content (AvgIpc) is 2.74. The molecule has 1 aliphatic heterocycles. The second kappa shape index (κ2) is 8.19. The maximum absolute atomic E-state index is 12.7. The molecule has 1 aromatic heterocycles. The van der Waals surface area contributed by atoms with Gasteiger partial charge in [0, 0.05) is 12.7 Å². The molecule has 26 heavy (non-hydrogen) atoms. The zero-order valence-corrected chi connectivity index (χ0v) is 16.8. The van der Waals surface area contributed by atoms with Crippen molar-refractivity contribution in [1.82, 2.24) is 9.71 Å². The van der Waals surface area contributed by atoms with Gasteiger partial charge in [-0.25, -0.2) is 18.1 Å². The molecule has 1 aromatic rings. The van der Waals surface area contributed by atoms with Crippen molar-refractivity contribution in [2.45, 2.75) is 75.5 Å². The lowest BCUT2D eigenvalue weighted by Crippen LogP contribution is -2.46. The van der Waals surface area contributed by atoms with Crippen molar-refractivity contribution >= 4 is 15.8 Å². The van der Waals surface area contributed by atoms with Crippen molar-refractivity contribution in [3.8, 4) is 0 Å². The fourth-order valence-electron chi connectivity index (χ4n) is 3.26. The molecule has 0 saturated carbocycles. The molecule has 8 heteroatoms. The minimum absolute atomic E-state index is 0.126. The molecule has 1 fully saturated rings. The Morgan fingerprint density at radius 3 is 2.50 bits per heavy atom. The van der Waals surface area contributed by atoms with Gasteiger partial charge in [0.2, 0.25) is 10.0 Å². The Labute approximate surface area is 156 Å². The van der Waals surface area contributed by atoms with E-state index in [4.69, 9.17) is 4.74 Å². The van der Waals surface area contributed by atoms with Crippen LogP contribution in [-0.2, 0) is 14.8 Å². The summed E-state index contributed by atoms with van der Waals surface area (Å²) < 4.78 is 46.1. The maximum atomic E-state index is 12.7. The molecule has 2 N–H and O–H groups in total. The van der Waals surface area contributed by atoms with Crippen LogP contribution in [-0.4, -0.2) is 43.9 Å². The van der Waals surface area contributed by atoms with Gasteiger partial charge < -0.3 is 10.1 Å². The number of pyridine rings is 1. The van der Waals surface area contributed by atoms with Gasteiger partial charge in [0.15, 0.2) is 0 Å². The molecular formula is C18H30FN3O3S. The minimum atomic E-state index is -3.68. The summed E-state index contributed by atoms with van der Waals surface area (Å²) >= 11 is 0. The molecule has 0 aliphatic carbocycles. The first-order chi connectivity index (χ1) is 12.1. The normalized spacial score (nSPS) is 21.7. The zero-order valence-electron chi connectivity index (χ0n) is 16.0. The van der Waals surface area contributed by atoms with E-state index in [0.29, 0.717) is 25.2 Å². The summed E-state index contributed by atoms with van der Waals surface area (Å²) in [4.78, 5) is 4.29. The van der Waals surface area contributed by atoms with Crippen LogP contribution in [0.4, 0.5) is 10.2 Å². The van der Waals surface area contributed by atoms with Gasteiger partial charge in [0.1, 0.15) is 10.7 Å². The highest BCUT2D eigenvalue weighted by Gasteiger charge is 2.47. The van der Waals surface area contributed by atoms with E-state index in [9.17, 15) is 12.8 Å². The van der Waals surface area contributed by atoms with Crippen LogP contribution in [0.2, 0.25) is 0 Å². The number of sulfonamides is 1. The third-order valence-corrected chi connectivity index (χ3v) is 5.99. The van der Waals surface area contributed by atoms with Crippen LogP contribution in [0.3, 0.4) is 0 Å². The van der Waals surface area contributed by atoms with E-state index in [2.05, 4.69) is 15.0 Å². The molecular weight excluding hydrogens is 357 g/mol. The van der Waals surface area contributed by atoms with Crippen molar-refractivity contribution in [3.05, 3.63) is 18.3 Å². The third-order valence-electron chi connectivity index (χ3n) is 4.53. The van der Waals surface area contributed by atoms with E-state index in [0.717, 1.165) is 12.8 Å². The Kier molecular flexibility index (Phi) is 6.63. The number of nitrogens with zero attached hydrogens (tertiary/aromatic N) is 1. The molecule has 6 nitrogen and oxygen atoms in total. The van der Waals surface area contributed by atoms with Crippen LogP contribution >= 0.6 is 0 Å². The Balaban J connectivity index is 1.97. The SMILES string of the molecule is CC1(C)CC(NS(=O)(=O)c2ccc(NCCCCCF)nc2)C(C)(C)O1. The van der Waals surface area contributed by atoms with Gasteiger partial charge in [-0.1, -0.05) is 0 Å². The Bertz CT molecular complexity index is 690. The number of alkyl halides is 1. The fraction of sp³-hybridized carbons (Fsp3) is 0.722. The largest absolute Gasteiger partial charge is 0.370 e. The summed E-state index contributed by atoms with van der Waals surface area (Å²) in [7, 11) is -3.68. The van der Waals surface area contributed by atoms with E-state index in [-0.39, 0.29) is 23.2 Å². The summed E-state index contributed by atoms with van der Waals surface area (Å²) in [6, 6.07) is 2.87. The molecule has 148 valence electrons. The molecule has 1 saturated heterocycles. The lowest BCUT2D eigenvalue weighted by Gasteiger charge is -2.27. The van der Waals surface area contributed by atoms with Gasteiger partial charge >= 0.3 is 0 Å².